The summed E-state index contributed by atoms with van der Waals surface area (Å²) in [5, 5.41) is 9.02. The number of amides is 1. The number of benzene rings is 1. The molecule has 0 atom stereocenters. The number of carbonyl (C=O) groups excluding carboxylic acids is 1. The molecule has 0 unspecified atom stereocenters. The van der Waals surface area contributed by atoms with Crippen molar-refractivity contribution in [3.63, 3.8) is 0 Å². The van der Waals surface area contributed by atoms with E-state index in [1.807, 2.05) is 30.3 Å². The molecule has 0 saturated carbocycles. The molecule has 0 bridgehead atoms. The van der Waals surface area contributed by atoms with E-state index in [1.165, 1.54) is 0 Å². The zero-order valence-electron chi connectivity index (χ0n) is 13.3. The Morgan fingerprint density at radius 2 is 2.21 bits per heavy atom. The highest BCUT2D eigenvalue weighted by Crippen LogP contribution is 2.20. The first-order chi connectivity index (χ1) is 11.7. The van der Waals surface area contributed by atoms with Gasteiger partial charge in [-0.05, 0) is 29.8 Å². The number of nitriles is 1. The molecule has 1 aliphatic rings. The molecule has 122 valence electrons. The maximum atomic E-state index is 12.3. The molecule has 0 spiro atoms. The Labute approximate surface area is 140 Å². The van der Waals surface area contributed by atoms with Gasteiger partial charge in [0.05, 0.1) is 26.6 Å². The van der Waals surface area contributed by atoms with Gasteiger partial charge < -0.3 is 14.4 Å². The van der Waals surface area contributed by atoms with Crippen molar-refractivity contribution >= 4 is 5.91 Å². The Bertz CT molecular complexity index is 779. The first-order valence-corrected chi connectivity index (χ1v) is 7.62. The molecule has 1 saturated heterocycles. The quantitative estimate of drug-likeness (QED) is 0.838. The normalized spacial score (nSPS) is 13.8. The van der Waals surface area contributed by atoms with E-state index in [9.17, 15) is 4.79 Å². The lowest BCUT2D eigenvalue weighted by Crippen LogP contribution is -2.56. The lowest BCUT2D eigenvalue weighted by molar-refractivity contribution is -0.139. The smallest absolute Gasteiger partial charge is 0.232 e. The van der Waals surface area contributed by atoms with Crippen LogP contribution in [0.3, 0.4) is 0 Å². The van der Waals surface area contributed by atoms with Crippen LogP contribution in [0.2, 0.25) is 0 Å². The first-order valence-electron chi connectivity index (χ1n) is 7.62. The van der Waals surface area contributed by atoms with Crippen molar-refractivity contribution in [1.82, 2.24) is 9.88 Å². The van der Waals surface area contributed by atoms with E-state index in [2.05, 4.69) is 4.98 Å². The molecule has 1 aliphatic heterocycles. The summed E-state index contributed by atoms with van der Waals surface area (Å²) >= 11 is 0. The Morgan fingerprint density at radius 1 is 1.38 bits per heavy atom. The van der Waals surface area contributed by atoms with Gasteiger partial charge in [-0.15, -0.1) is 0 Å². The highest BCUT2D eigenvalue weighted by molar-refractivity contribution is 5.79. The molecule has 0 radical (unpaired) electrons. The molecule has 0 aliphatic carbocycles. The van der Waals surface area contributed by atoms with Crippen LogP contribution in [-0.2, 0) is 11.2 Å². The molecule has 1 fully saturated rings. The van der Waals surface area contributed by atoms with Crippen molar-refractivity contribution in [3.05, 3.63) is 53.7 Å². The van der Waals surface area contributed by atoms with Crippen molar-refractivity contribution in [2.24, 2.45) is 0 Å². The summed E-state index contributed by atoms with van der Waals surface area (Å²) in [5.74, 6) is 1.11. The average molecular weight is 323 g/mol. The monoisotopic (exact) mass is 323 g/mol. The van der Waals surface area contributed by atoms with Crippen molar-refractivity contribution in [1.29, 1.82) is 5.26 Å². The Balaban J connectivity index is 1.52. The zero-order valence-corrected chi connectivity index (χ0v) is 13.3. The van der Waals surface area contributed by atoms with Crippen LogP contribution in [0.5, 0.6) is 11.6 Å². The molecule has 2 aromatic rings. The van der Waals surface area contributed by atoms with Crippen molar-refractivity contribution in [2.75, 3.05) is 20.2 Å². The standard InChI is InChI=1S/C18H17N3O3/c1-23-15-6-2-4-13(8-15)9-17(22)21-11-16(12-21)24-18-14(10-19)5-3-7-20-18/h2-8,16H,9,11-12H2,1H3. The number of hydrogen-bond donors (Lipinski definition) is 0. The highest BCUT2D eigenvalue weighted by atomic mass is 16.5. The molecule has 0 N–H and O–H groups in total. The number of hydrogen-bond acceptors (Lipinski definition) is 5. The SMILES string of the molecule is COc1cccc(CC(=O)N2CC(Oc3ncccc3C#N)C2)c1. The lowest BCUT2D eigenvalue weighted by atomic mass is 10.1. The van der Waals surface area contributed by atoms with Crippen LogP contribution < -0.4 is 9.47 Å². The summed E-state index contributed by atoms with van der Waals surface area (Å²) in [7, 11) is 1.60. The summed E-state index contributed by atoms with van der Waals surface area (Å²) in [6, 6.07) is 12.9. The Morgan fingerprint density at radius 3 is 2.96 bits per heavy atom. The van der Waals surface area contributed by atoms with Gasteiger partial charge in [0.1, 0.15) is 23.5 Å². The van der Waals surface area contributed by atoms with Gasteiger partial charge in [0, 0.05) is 6.20 Å². The van der Waals surface area contributed by atoms with Crippen LogP contribution in [0.1, 0.15) is 11.1 Å². The van der Waals surface area contributed by atoms with E-state index in [0.29, 0.717) is 31.0 Å². The van der Waals surface area contributed by atoms with Crippen molar-refractivity contribution < 1.29 is 14.3 Å². The number of aromatic nitrogens is 1. The van der Waals surface area contributed by atoms with Gasteiger partial charge in [-0.1, -0.05) is 12.1 Å². The van der Waals surface area contributed by atoms with Crippen LogP contribution in [0.4, 0.5) is 0 Å². The van der Waals surface area contributed by atoms with Gasteiger partial charge in [0.25, 0.3) is 0 Å². The third kappa shape index (κ3) is 3.46. The zero-order chi connectivity index (χ0) is 16.9. The van der Waals surface area contributed by atoms with E-state index in [1.54, 1.807) is 30.3 Å². The predicted octanol–water partition coefficient (Wildman–Crippen LogP) is 1.79. The van der Waals surface area contributed by atoms with Crippen molar-refractivity contribution in [3.8, 4) is 17.7 Å². The first kappa shape index (κ1) is 15.8. The van der Waals surface area contributed by atoms with Crippen molar-refractivity contribution in [2.45, 2.75) is 12.5 Å². The van der Waals surface area contributed by atoms with Crippen LogP contribution in [0.25, 0.3) is 0 Å². The molecule has 3 rings (SSSR count). The number of carbonyl (C=O) groups is 1. The minimum atomic E-state index is -0.124. The fraction of sp³-hybridized carbons (Fsp3) is 0.278. The third-order valence-corrected chi connectivity index (χ3v) is 3.86. The molecular formula is C18H17N3O3. The lowest BCUT2D eigenvalue weighted by Gasteiger charge is -2.38. The van der Waals surface area contributed by atoms with Gasteiger partial charge in [-0.2, -0.15) is 5.26 Å². The summed E-state index contributed by atoms with van der Waals surface area (Å²) in [4.78, 5) is 18.1. The highest BCUT2D eigenvalue weighted by Gasteiger charge is 2.32. The summed E-state index contributed by atoms with van der Waals surface area (Å²) in [6.45, 7) is 1.01. The maximum absolute atomic E-state index is 12.3. The number of methoxy groups -OCH3 is 1. The number of nitrogens with zero attached hydrogens (tertiary/aromatic N) is 3. The minimum absolute atomic E-state index is 0.0460. The predicted molar refractivity (Wildman–Crippen MR) is 86.6 cm³/mol. The largest absolute Gasteiger partial charge is 0.497 e. The van der Waals surface area contributed by atoms with Gasteiger partial charge >= 0.3 is 0 Å². The van der Waals surface area contributed by atoms with Gasteiger partial charge in [-0.3, -0.25) is 4.79 Å². The van der Waals surface area contributed by atoms with Gasteiger partial charge in [-0.25, -0.2) is 4.98 Å². The van der Waals surface area contributed by atoms with Gasteiger partial charge in [0.15, 0.2) is 0 Å². The summed E-state index contributed by atoms with van der Waals surface area (Å²) in [5.41, 5.74) is 1.32. The summed E-state index contributed by atoms with van der Waals surface area (Å²) in [6.07, 6.45) is 1.79. The number of rotatable bonds is 5. The molecule has 24 heavy (non-hydrogen) atoms. The van der Waals surface area contributed by atoms with Gasteiger partial charge in [0.2, 0.25) is 11.8 Å². The van der Waals surface area contributed by atoms with E-state index in [-0.39, 0.29) is 12.0 Å². The molecule has 1 aromatic heterocycles. The minimum Gasteiger partial charge on any atom is -0.497 e. The average Bonchev–Trinajstić information content (AvgIpc) is 2.58. The Kier molecular flexibility index (Phi) is 4.62. The molecule has 1 amide bonds. The van der Waals surface area contributed by atoms with E-state index >= 15 is 0 Å². The molecule has 6 heteroatoms. The van der Waals surface area contributed by atoms with E-state index in [4.69, 9.17) is 14.7 Å². The number of ether oxygens (including phenoxy) is 2. The molecular weight excluding hydrogens is 306 g/mol. The van der Waals surface area contributed by atoms with E-state index in [0.717, 1.165) is 11.3 Å². The fourth-order valence-electron chi connectivity index (χ4n) is 2.51. The van der Waals surface area contributed by atoms with E-state index < -0.39 is 0 Å². The second kappa shape index (κ2) is 7.01. The second-order valence-corrected chi connectivity index (χ2v) is 5.53. The summed E-state index contributed by atoms with van der Waals surface area (Å²) < 4.78 is 10.9. The fourth-order valence-corrected chi connectivity index (χ4v) is 2.51. The van der Waals surface area contributed by atoms with Crippen LogP contribution in [0, 0.1) is 11.3 Å². The molecule has 1 aromatic carbocycles. The van der Waals surface area contributed by atoms with Crippen LogP contribution in [-0.4, -0.2) is 42.1 Å². The van der Waals surface area contributed by atoms with Crippen LogP contribution in [0.15, 0.2) is 42.6 Å². The topological polar surface area (TPSA) is 75.4 Å². The third-order valence-electron chi connectivity index (χ3n) is 3.86. The number of pyridine rings is 1. The number of likely N-dealkylation sites (tertiary alicyclic amines) is 1. The maximum Gasteiger partial charge on any atom is 0.232 e. The molecule has 2 heterocycles. The van der Waals surface area contributed by atoms with Crippen LogP contribution >= 0.6 is 0 Å². The Hall–Kier alpha value is -3.07. The second-order valence-electron chi connectivity index (χ2n) is 5.53. The molecule has 6 nitrogen and oxygen atoms in total.